The van der Waals surface area contributed by atoms with Gasteiger partial charge in [0, 0.05) is 19.2 Å². The molecule has 0 saturated carbocycles. The molecular weight excluding hydrogens is 154 g/mol. The van der Waals surface area contributed by atoms with Gasteiger partial charge in [0.2, 0.25) is 0 Å². The topological polar surface area (TPSA) is 41.5 Å². The van der Waals surface area contributed by atoms with Gasteiger partial charge in [0.1, 0.15) is 0 Å². The fourth-order valence-corrected chi connectivity index (χ4v) is 1.29. The molecule has 0 aromatic heterocycles. The van der Waals surface area contributed by atoms with Gasteiger partial charge in [-0.25, -0.2) is 0 Å². The summed E-state index contributed by atoms with van der Waals surface area (Å²) in [6.45, 7) is 5.55. The first kappa shape index (κ1) is 9.96. The van der Waals surface area contributed by atoms with E-state index in [1.807, 2.05) is 6.92 Å². The Morgan fingerprint density at radius 1 is 1.58 bits per heavy atom. The minimum absolute atomic E-state index is 0.161. The van der Waals surface area contributed by atoms with Crippen LogP contribution in [-0.2, 0) is 4.74 Å². The Morgan fingerprint density at radius 3 is 2.83 bits per heavy atom. The van der Waals surface area contributed by atoms with Gasteiger partial charge in [-0.1, -0.05) is 0 Å². The Kier molecular flexibility index (Phi) is 3.98. The lowest BCUT2D eigenvalue weighted by Gasteiger charge is -2.18. The molecule has 0 bridgehead atoms. The van der Waals surface area contributed by atoms with Crippen molar-refractivity contribution >= 4 is 0 Å². The molecule has 0 aromatic rings. The summed E-state index contributed by atoms with van der Waals surface area (Å²) < 4.78 is 5.44. The summed E-state index contributed by atoms with van der Waals surface area (Å²) in [6.07, 6.45) is 2.41. The third kappa shape index (κ3) is 3.09. The van der Waals surface area contributed by atoms with Crippen molar-refractivity contribution in [3.63, 3.8) is 0 Å². The van der Waals surface area contributed by atoms with E-state index in [-0.39, 0.29) is 12.1 Å². The fraction of sp³-hybridized carbons (Fsp3) is 1.00. The van der Waals surface area contributed by atoms with Crippen LogP contribution in [-0.4, -0.2) is 36.5 Å². The lowest BCUT2D eigenvalue weighted by atomic mass is 10.2. The number of hydrogen-bond donors (Lipinski definition) is 2. The van der Waals surface area contributed by atoms with E-state index < -0.39 is 0 Å². The van der Waals surface area contributed by atoms with Crippen molar-refractivity contribution in [3.05, 3.63) is 0 Å². The van der Waals surface area contributed by atoms with Crippen LogP contribution >= 0.6 is 0 Å². The smallest absolute Gasteiger partial charge is 0.0700 e. The third-order valence-corrected chi connectivity index (χ3v) is 2.42. The van der Waals surface area contributed by atoms with Crippen LogP contribution in [0.4, 0.5) is 0 Å². The van der Waals surface area contributed by atoms with Crippen molar-refractivity contribution in [1.82, 2.24) is 5.32 Å². The highest BCUT2D eigenvalue weighted by Crippen LogP contribution is 2.10. The zero-order chi connectivity index (χ0) is 8.97. The van der Waals surface area contributed by atoms with Crippen molar-refractivity contribution in [2.45, 2.75) is 44.9 Å². The van der Waals surface area contributed by atoms with Crippen LogP contribution in [0.3, 0.4) is 0 Å². The van der Waals surface area contributed by atoms with Crippen LogP contribution in [0.1, 0.15) is 26.7 Å². The molecule has 1 aliphatic rings. The number of aliphatic hydroxyl groups excluding tert-OH is 1. The van der Waals surface area contributed by atoms with Crippen molar-refractivity contribution < 1.29 is 9.84 Å². The summed E-state index contributed by atoms with van der Waals surface area (Å²) in [5.41, 5.74) is 0. The minimum atomic E-state index is -0.286. The summed E-state index contributed by atoms with van der Waals surface area (Å²) in [7, 11) is 0. The SMILES string of the molecule is CC(O)C(C)NCC1CCCO1. The van der Waals surface area contributed by atoms with Gasteiger partial charge >= 0.3 is 0 Å². The lowest BCUT2D eigenvalue weighted by molar-refractivity contribution is 0.0954. The Bertz CT molecular complexity index is 120. The van der Waals surface area contributed by atoms with E-state index in [1.54, 1.807) is 6.92 Å². The van der Waals surface area contributed by atoms with Crippen LogP contribution in [0.15, 0.2) is 0 Å². The predicted octanol–water partition coefficient (Wildman–Crippen LogP) is 0.524. The highest BCUT2D eigenvalue weighted by Gasteiger charge is 2.16. The van der Waals surface area contributed by atoms with Gasteiger partial charge in [-0.05, 0) is 26.7 Å². The summed E-state index contributed by atoms with van der Waals surface area (Å²) >= 11 is 0. The molecule has 0 aromatic carbocycles. The molecule has 1 heterocycles. The van der Waals surface area contributed by atoms with Crippen LogP contribution in [0.5, 0.6) is 0 Å². The second-order valence-corrected chi connectivity index (χ2v) is 3.57. The van der Waals surface area contributed by atoms with E-state index in [0.717, 1.165) is 19.6 Å². The average molecular weight is 173 g/mol. The van der Waals surface area contributed by atoms with Crippen LogP contribution < -0.4 is 5.32 Å². The van der Waals surface area contributed by atoms with E-state index in [2.05, 4.69) is 5.32 Å². The number of rotatable bonds is 4. The molecule has 12 heavy (non-hydrogen) atoms. The van der Waals surface area contributed by atoms with Gasteiger partial charge in [0.15, 0.2) is 0 Å². The van der Waals surface area contributed by atoms with E-state index >= 15 is 0 Å². The fourth-order valence-electron chi connectivity index (χ4n) is 1.29. The molecule has 72 valence electrons. The monoisotopic (exact) mass is 173 g/mol. The first-order chi connectivity index (χ1) is 5.70. The third-order valence-electron chi connectivity index (χ3n) is 2.42. The highest BCUT2D eigenvalue weighted by atomic mass is 16.5. The molecule has 0 radical (unpaired) electrons. The van der Waals surface area contributed by atoms with Gasteiger partial charge < -0.3 is 15.2 Å². The highest BCUT2D eigenvalue weighted by molar-refractivity contribution is 4.72. The van der Waals surface area contributed by atoms with Crippen molar-refractivity contribution in [2.75, 3.05) is 13.2 Å². The quantitative estimate of drug-likeness (QED) is 0.651. The Hall–Kier alpha value is -0.120. The maximum Gasteiger partial charge on any atom is 0.0700 e. The van der Waals surface area contributed by atoms with E-state index in [1.165, 1.54) is 6.42 Å². The molecule has 3 unspecified atom stereocenters. The first-order valence-electron chi connectivity index (χ1n) is 4.73. The van der Waals surface area contributed by atoms with Crippen molar-refractivity contribution in [3.8, 4) is 0 Å². The standard InChI is InChI=1S/C9H19NO2/c1-7(8(2)11)10-6-9-4-3-5-12-9/h7-11H,3-6H2,1-2H3. The summed E-state index contributed by atoms with van der Waals surface area (Å²) in [4.78, 5) is 0. The second kappa shape index (κ2) is 4.80. The molecule has 1 rings (SSSR count). The largest absolute Gasteiger partial charge is 0.392 e. The molecule has 0 aliphatic carbocycles. The van der Waals surface area contributed by atoms with Gasteiger partial charge in [0.05, 0.1) is 12.2 Å². The molecule has 1 aliphatic heterocycles. The normalized spacial score (nSPS) is 28.8. The average Bonchev–Trinajstić information content (AvgIpc) is 2.51. The zero-order valence-corrected chi connectivity index (χ0v) is 7.92. The van der Waals surface area contributed by atoms with Gasteiger partial charge in [-0.2, -0.15) is 0 Å². The van der Waals surface area contributed by atoms with Crippen molar-refractivity contribution in [2.24, 2.45) is 0 Å². The molecule has 3 atom stereocenters. The Morgan fingerprint density at radius 2 is 2.33 bits per heavy atom. The number of nitrogens with one attached hydrogen (secondary N) is 1. The molecular formula is C9H19NO2. The maximum absolute atomic E-state index is 9.19. The lowest BCUT2D eigenvalue weighted by Crippen LogP contribution is -2.39. The van der Waals surface area contributed by atoms with Crippen molar-refractivity contribution in [1.29, 1.82) is 0 Å². The molecule has 3 heteroatoms. The summed E-state index contributed by atoms with van der Waals surface area (Å²) in [5, 5.41) is 12.4. The van der Waals surface area contributed by atoms with E-state index in [0.29, 0.717) is 6.10 Å². The van der Waals surface area contributed by atoms with E-state index in [9.17, 15) is 5.11 Å². The minimum Gasteiger partial charge on any atom is -0.392 e. The van der Waals surface area contributed by atoms with Gasteiger partial charge in [0.25, 0.3) is 0 Å². The molecule has 1 fully saturated rings. The van der Waals surface area contributed by atoms with Crippen LogP contribution in [0, 0.1) is 0 Å². The number of hydrogen-bond acceptors (Lipinski definition) is 3. The first-order valence-corrected chi connectivity index (χ1v) is 4.73. The molecule has 1 saturated heterocycles. The predicted molar refractivity (Wildman–Crippen MR) is 48.1 cm³/mol. The molecule has 3 nitrogen and oxygen atoms in total. The van der Waals surface area contributed by atoms with Gasteiger partial charge in [-0.3, -0.25) is 0 Å². The second-order valence-electron chi connectivity index (χ2n) is 3.57. The number of aliphatic hydroxyl groups is 1. The van der Waals surface area contributed by atoms with E-state index in [4.69, 9.17) is 4.74 Å². The Balaban J connectivity index is 2.07. The van der Waals surface area contributed by atoms with Crippen LogP contribution in [0.2, 0.25) is 0 Å². The van der Waals surface area contributed by atoms with Crippen LogP contribution in [0.25, 0.3) is 0 Å². The molecule has 2 N–H and O–H groups in total. The Labute approximate surface area is 74.1 Å². The summed E-state index contributed by atoms with van der Waals surface area (Å²) in [5.74, 6) is 0. The van der Waals surface area contributed by atoms with Gasteiger partial charge in [-0.15, -0.1) is 0 Å². The summed E-state index contributed by atoms with van der Waals surface area (Å²) in [6, 6.07) is 0.161. The number of ether oxygens (including phenoxy) is 1. The molecule has 0 amide bonds. The zero-order valence-electron chi connectivity index (χ0n) is 7.92. The maximum atomic E-state index is 9.19. The molecule has 0 spiro atoms.